The van der Waals surface area contributed by atoms with Gasteiger partial charge in [0.1, 0.15) is 0 Å². The number of nitrogens with one attached hydrogen (secondary N) is 2. The van der Waals surface area contributed by atoms with Crippen molar-refractivity contribution in [3.8, 4) is 0 Å². The monoisotopic (exact) mass is 357 g/mol. The Morgan fingerprint density at radius 1 is 1.36 bits per heavy atom. The Balaban J connectivity index is 0.00000220. The highest BCUT2D eigenvalue weighted by atomic mass is 35.5. The van der Waals surface area contributed by atoms with Crippen LogP contribution in [0.2, 0.25) is 0 Å². The molecule has 2 aliphatic rings. The molecule has 3 N–H and O–H groups in total. The van der Waals surface area contributed by atoms with Crippen molar-refractivity contribution in [3.63, 3.8) is 0 Å². The summed E-state index contributed by atoms with van der Waals surface area (Å²) in [6.07, 6.45) is 0.537. The highest BCUT2D eigenvalue weighted by Crippen LogP contribution is 2.17. The van der Waals surface area contributed by atoms with E-state index in [0.717, 1.165) is 26.1 Å². The third-order valence-corrected chi connectivity index (χ3v) is 4.47. The second-order valence-corrected chi connectivity index (χ2v) is 6.19. The molecule has 2 fully saturated rings. The molecule has 2 aliphatic heterocycles. The third-order valence-electron chi connectivity index (χ3n) is 4.47. The van der Waals surface area contributed by atoms with Gasteiger partial charge < -0.3 is 20.5 Å². The first-order chi connectivity index (χ1) is 9.51. The topological polar surface area (TPSA) is 73.8 Å². The largest absolute Gasteiger partial charge is 0.391 e. The summed E-state index contributed by atoms with van der Waals surface area (Å²) in [6, 6.07) is 0. The molecule has 2 atom stereocenters. The van der Waals surface area contributed by atoms with Crippen molar-refractivity contribution < 1.29 is 14.6 Å². The summed E-state index contributed by atoms with van der Waals surface area (Å²) in [4.78, 5) is 14.6. The molecule has 0 aromatic carbocycles. The van der Waals surface area contributed by atoms with Gasteiger partial charge in [-0.15, -0.1) is 24.8 Å². The number of amides is 1. The molecule has 0 saturated carbocycles. The minimum atomic E-state index is -0.526. The molecule has 0 aromatic heterocycles. The van der Waals surface area contributed by atoms with Crippen LogP contribution in [-0.4, -0.2) is 73.5 Å². The van der Waals surface area contributed by atoms with Crippen molar-refractivity contribution in [3.05, 3.63) is 0 Å². The normalized spacial score (nSPS) is 26.5. The molecule has 1 amide bonds. The Bertz CT molecular complexity index is 339. The highest BCUT2D eigenvalue weighted by Gasteiger charge is 2.36. The summed E-state index contributed by atoms with van der Waals surface area (Å²) < 4.78 is 5.33. The fraction of sp³-hybridized carbons (Fsp3) is 0.929. The van der Waals surface area contributed by atoms with Gasteiger partial charge in [-0.05, 0) is 26.8 Å². The maximum Gasteiger partial charge on any atom is 0.239 e. The predicted molar refractivity (Wildman–Crippen MR) is 91.0 cm³/mol. The molecule has 0 aliphatic carbocycles. The van der Waals surface area contributed by atoms with Gasteiger partial charge in [0.15, 0.2) is 0 Å². The Morgan fingerprint density at radius 2 is 2.00 bits per heavy atom. The van der Waals surface area contributed by atoms with Crippen LogP contribution < -0.4 is 10.6 Å². The van der Waals surface area contributed by atoms with E-state index in [1.807, 2.05) is 13.8 Å². The van der Waals surface area contributed by atoms with Crippen molar-refractivity contribution in [2.75, 3.05) is 45.9 Å². The van der Waals surface area contributed by atoms with Crippen molar-refractivity contribution in [1.29, 1.82) is 0 Å². The summed E-state index contributed by atoms with van der Waals surface area (Å²) in [5.74, 6) is 0.186. The van der Waals surface area contributed by atoms with Gasteiger partial charge in [0, 0.05) is 32.1 Å². The van der Waals surface area contributed by atoms with E-state index in [2.05, 4.69) is 15.5 Å². The zero-order valence-corrected chi connectivity index (χ0v) is 15.0. The lowest BCUT2D eigenvalue weighted by atomic mass is 9.94. The van der Waals surface area contributed by atoms with E-state index in [4.69, 9.17) is 4.74 Å². The van der Waals surface area contributed by atoms with E-state index in [1.54, 1.807) is 0 Å². The van der Waals surface area contributed by atoms with E-state index in [9.17, 15) is 9.90 Å². The van der Waals surface area contributed by atoms with Gasteiger partial charge in [0.2, 0.25) is 5.91 Å². The molecular weight excluding hydrogens is 329 g/mol. The van der Waals surface area contributed by atoms with Gasteiger partial charge in [-0.2, -0.15) is 0 Å². The zero-order valence-electron chi connectivity index (χ0n) is 13.3. The van der Waals surface area contributed by atoms with E-state index in [0.29, 0.717) is 26.3 Å². The van der Waals surface area contributed by atoms with Crippen LogP contribution in [0, 0.1) is 5.92 Å². The smallest absolute Gasteiger partial charge is 0.239 e. The number of aliphatic hydroxyl groups is 1. The number of halogens is 2. The average molecular weight is 358 g/mol. The van der Waals surface area contributed by atoms with Gasteiger partial charge in [-0.1, -0.05) is 0 Å². The minimum Gasteiger partial charge on any atom is -0.391 e. The number of β-amino-alcohol motifs (C(OH)–C–C–N with tert-alkyl or cyclic N) is 1. The molecule has 6 nitrogen and oxygen atoms in total. The molecule has 8 heteroatoms. The second kappa shape index (κ2) is 9.90. The Labute approximate surface area is 145 Å². The molecule has 132 valence electrons. The molecule has 0 unspecified atom stereocenters. The first kappa shape index (κ1) is 21.9. The lowest BCUT2D eigenvalue weighted by Gasteiger charge is -2.40. The van der Waals surface area contributed by atoms with Gasteiger partial charge in [-0.25, -0.2) is 0 Å². The Hall–Kier alpha value is -0.110. The van der Waals surface area contributed by atoms with Crippen molar-refractivity contribution in [2.24, 2.45) is 5.92 Å². The molecule has 0 spiro atoms. The molecule has 2 rings (SSSR count). The second-order valence-electron chi connectivity index (χ2n) is 6.19. The van der Waals surface area contributed by atoms with Crippen molar-refractivity contribution in [1.82, 2.24) is 15.5 Å². The van der Waals surface area contributed by atoms with E-state index in [-0.39, 0.29) is 42.7 Å². The highest BCUT2D eigenvalue weighted by molar-refractivity contribution is 5.86. The molecule has 2 heterocycles. The van der Waals surface area contributed by atoms with Crippen LogP contribution in [0.3, 0.4) is 0 Å². The van der Waals surface area contributed by atoms with Crippen molar-refractivity contribution in [2.45, 2.75) is 31.9 Å². The number of nitrogens with zero attached hydrogens (tertiary/aromatic N) is 1. The summed E-state index contributed by atoms with van der Waals surface area (Å²) in [6.45, 7) is 8.92. The first-order valence-electron chi connectivity index (χ1n) is 7.51. The maximum atomic E-state index is 12.4. The number of carbonyl (C=O) groups is 1. The quantitative estimate of drug-likeness (QED) is 0.661. The maximum absolute atomic E-state index is 12.4. The van der Waals surface area contributed by atoms with Crippen LogP contribution in [0.5, 0.6) is 0 Å². The predicted octanol–water partition coefficient (Wildman–Crippen LogP) is 0.0274. The Kier molecular flexibility index (Phi) is 9.85. The van der Waals surface area contributed by atoms with Crippen LogP contribution in [0.15, 0.2) is 0 Å². The van der Waals surface area contributed by atoms with Crippen LogP contribution in [-0.2, 0) is 9.53 Å². The van der Waals surface area contributed by atoms with Gasteiger partial charge >= 0.3 is 0 Å². The van der Waals surface area contributed by atoms with Gasteiger partial charge in [0.25, 0.3) is 0 Å². The van der Waals surface area contributed by atoms with Crippen LogP contribution in [0.1, 0.15) is 20.3 Å². The standard InChI is InChI=1S/C14H27N3O3.2ClH/c1-14(2,17-5-7-20-8-6-17)13(19)16-9-11-3-4-15-10-12(11)18;;/h11-12,15,18H,3-10H2,1-2H3,(H,16,19);2*1H/t11-,12+;;/m0../s1. The number of carbonyl (C=O) groups excluding carboxylic acids is 1. The van der Waals surface area contributed by atoms with Crippen LogP contribution in [0.25, 0.3) is 0 Å². The lowest BCUT2D eigenvalue weighted by Crippen LogP contribution is -2.59. The zero-order chi connectivity index (χ0) is 14.6. The number of rotatable bonds is 4. The lowest BCUT2D eigenvalue weighted by molar-refractivity contribution is -0.135. The fourth-order valence-electron chi connectivity index (χ4n) is 2.84. The number of ether oxygens (including phenoxy) is 1. The molecule has 0 radical (unpaired) electrons. The summed E-state index contributed by atoms with van der Waals surface area (Å²) in [5.41, 5.74) is -0.526. The summed E-state index contributed by atoms with van der Waals surface area (Å²) in [5, 5.41) is 16.1. The van der Waals surface area contributed by atoms with Gasteiger partial charge in [0.05, 0.1) is 24.9 Å². The SMILES string of the molecule is CC(C)(C(=O)NC[C@@H]1CCNC[C@H]1O)N1CCOCC1.Cl.Cl. The fourth-order valence-corrected chi connectivity index (χ4v) is 2.84. The van der Waals surface area contributed by atoms with E-state index < -0.39 is 5.54 Å². The number of hydrogen-bond acceptors (Lipinski definition) is 5. The molecule has 0 aromatic rings. The number of piperidine rings is 1. The molecular formula is C14H29Cl2N3O3. The van der Waals surface area contributed by atoms with Crippen LogP contribution >= 0.6 is 24.8 Å². The molecule has 0 bridgehead atoms. The van der Waals surface area contributed by atoms with E-state index in [1.165, 1.54) is 0 Å². The van der Waals surface area contributed by atoms with Gasteiger partial charge in [-0.3, -0.25) is 9.69 Å². The van der Waals surface area contributed by atoms with Crippen LogP contribution in [0.4, 0.5) is 0 Å². The van der Waals surface area contributed by atoms with Crippen molar-refractivity contribution >= 4 is 30.7 Å². The van der Waals surface area contributed by atoms with E-state index >= 15 is 0 Å². The number of morpholine rings is 1. The minimum absolute atomic E-state index is 0. The summed E-state index contributed by atoms with van der Waals surface area (Å²) in [7, 11) is 0. The first-order valence-corrected chi connectivity index (χ1v) is 7.51. The number of hydrogen-bond donors (Lipinski definition) is 3. The Morgan fingerprint density at radius 3 is 2.59 bits per heavy atom. The average Bonchev–Trinajstić information content (AvgIpc) is 2.47. The number of aliphatic hydroxyl groups excluding tert-OH is 1. The molecule has 2 saturated heterocycles. The third kappa shape index (κ3) is 5.51. The summed E-state index contributed by atoms with van der Waals surface area (Å²) >= 11 is 0. The molecule has 22 heavy (non-hydrogen) atoms.